The highest BCUT2D eigenvalue weighted by molar-refractivity contribution is 7.89. The van der Waals surface area contributed by atoms with Crippen molar-refractivity contribution in [3.05, 3.63) is 88.9 Å². The lowest BCUT2D eigenvalue weighted by atomic mass is 10.1. The number of rotatable bonds is 5. The van der Waals surface area contributed by atoms with Gasteiger partial charge in [-0.25, -0.2) is 8.42 Å². The number of nitrogens with zero attached hydrogens (tertiary/aromatic N) is 2. The monoisotopic (exact) mass is 469 g/mol. The fourth-order valence-electron chi connectivity index (χ4n) is 3.72. The smallest absolute Gasteiger partial charge is 0.257 e. The van der Waals surface area contributed by atoms with Gasteiger partial charge in [0, 0.05) is 37.6 Å². The molecular weight excluding hydrogens is 446 g/mol. The van der Waals surface area contributed by atoms with Crippen molar-refractivity contribution in [1.29, 1.82) is 0 Å². The van der Waals surface area contributed by atoms with Crippen molar-refractivity contribution in [2.45, 2.75) is 11.8 Å². The van der Waals surface area contributed by atoms with Crippen LogP contribution >= 0.6 is 11.6 Å². The lowest BCUT2D eigenvalue weighted by Crippen LogP contribution is -2.48. The highest BCUT2D eigenvalue weighted by Crippen LogP contribution is 2.26. The van der Waals surface area contributed by atoms with Crippen LogP contribution in [0.3, 0.4) is 0 Å². The molecule has 0 unspecified atom stereocenters. The third kappa shape index (κ3) is 4.65. The Morgan fingerprint density at radius 1 is 0.906 bits per heavy atom. The Morgan fingerprint density at radius 3 is 2.25 bits per heavy atom. The molecule has 0 radical (unpaired) electrons. The number of carbonyl (C=O) groups is 1. The Hall–Kier alpha value is -2.87. The van der Waals surface area contributed by atoms with Gasteiger partial charge >= 0.3 is 0 Å². The van der Waals surface area contributed by atoms with Crippen molar-refractivity contribution in [2.24, 2.45) is 0 Å². The predicted octanol–water partition coefficient (Wildman–Crippen LogP) is 4.41. The molecular formula is C24H24ClN3O3S. The van der Waals surface area contributed by atoms with E-state index in [2.05, 4.69) is 10.2 Å². The zero-order valence-electron chi connectivity index (χ0n) is 17.7. The van der Waals surface area contributed by atoms with Gasteiger partial charge in [0.2, 0.25) is 10.0 Å². The summed E-state index contributed by atoms with van der Waals surface area (Å²) in [6.45, 7) is 3.80. The molecule has 4 rings (SSSR count). The number of nitrogens with one attached hydrogen (secondary N) is 1. The van der Waals surface area contributed by atoms with Gasteiger partial charge in [0.25, 0.3) is 5.91 Å². The zero-order chi connectivity index (χ0) is 22.7. The summed E-state index contributed by atoms with van der Waals surface area (Å²) in [4.78, 5) is 15.1. The van der Waals surface area contributed by atoms with Gasteiger partial charge in [-0.05, 0) is 48.9 Å². The minimum absolute atomic E-state index is 0.0602. The van der Waals surface area contributed by atoms with Gasteiger partial charge in [-0.15, -0.1) is 0 Å². The quantitative estimate of drug-likeness (QED) is 0.600. The summed E-state index contributed by atoms with van der Waals surface area (Å²) in [6, 6.07) is 21.6. The van der Waals surface area contributed by atoms with Gasteiger partial charge in [0.1, 0.15) is 0 Å². The Bertz CT molecular complexity index is 1220. The van der Waals surface area contributed by atoms with Crippen molar-refractivity contribution >= 4 is 38.9 Å². The van der Waals surface area contributed by atoms with Gasteiger partial charge in [-0.3, -0.25) is 4.79 Å². The summed E-state index contributed by atoms with van der Waals surface area (Å²) in [5.74, 6) is -0.449. The topological polar surface area (TPSA) is 69.7 Å². The second-order valence-corrected chi connectivity index (χ2v) is 9.98. The van der Waals surface area contributed by atoms with E-state index in [1.54, 1.807) is 6.07 Å². The number of benzene rings is 3. The lowest BCUT2D eigenvalue weighted by molar-refractivity contribution is 0.102. The van der Waals surface area contributed by atoms with Gasteiger partial charge in [-0.1, -0.05) is 48.0 Å². The van der Waals surface area contributed by atoms with Crippen molar-refractivity contribution < 1.29 is 13.2 Å². The first-order valence-corrected chi connectivity index (χ1v) is 12.1. The average Bonchev–Trinajstić information content (AvgIpc) is 2.81. The molecule has 1 fully saturated rings. The van der Waals surface area contributed by atoms with Crippen LogP contribution < -0.4 is 10.2 Å². The molecule has 0 saturated carbocycles. The lowest BCUT2D eigenvalue weighted by Gasteiger charge is -2.35. The number of carbonyl (C=O) groups excluding carboxylic acids is 1. The van der Waals surface area contributed by atoms with E-state index in [0.717, 1.165) is 11.3 Å². The van der Waals surface area contributed by atoms with Crippen LogP contribution in [0.25, 0.3) is 0 Å². The number of halogens is 1. The van der Waals surface area contributed by atoms with Gasteiger partial charge in [-0.2, -0.15) is 4.31 Å². The van der Waals surface area contributed by atoms with Crippen LogP contribution in [0.5, 0.6) is 0 Å². The number of para-hydroxylation sites is 2. The second kappa shape index (κ2) is 9.32. The average molecular weight is 470 g/mol. The number of amides is 1. The van der Waals surface area contributed by atoms with Gasteiger partial charge in [0.15, 0.2) is 0 Å². The van der Waals surface area contributed by atoms with E-state index in [1.165, 1.54) is 22.5 Å². The molecule has 32 heavy (non-hydrogen) atoms. The molecule has 1 aliphatic rings. The largest absolute Gasteiger partial charge is 0.369 e. The van der Waals surface area contributed by atoms with Crippen molar-refractivity contribution in [3.8, 4) is 0 Å². The molecule has 0 aromatic heterocycles. The molecule has 0 spiro atoms. The molecule has 1 amide bonds. The third-order valence-corrected chi connectivity index (χ3v) is 7.80. The number of sulfonamides is 1. The first-order valence-electron chi connectivity index (χ1n) is 10.3. The summed E-state index contributed by atoms with van der Waals surface area (Å²) in [5, 5.41) is 3.01. The molecule has 0 bridgehead atoms. The van der Waals surface area contributed by atoms with E-state index in [0.29, 0.717) is 31.9 Å². The van der Waals surface area contributed by atoms with Gasteiger partial charge < -0.3 is 10.2 Å². The maximum atomic E-state index is 13.3. The fraction of sp³-hybridized carbons (Fsp3) is 0.208. The Balaban J connectivity index is 1.52. The van der Waals surface area contributed by atoms with Crippen LogP contribution in [0, 0.1) is 6.92 Å². The molecule has 3 aromatic rings. The van der Waals surface area contributed by atoms with E-state index < -0.39 is 15.9 Å². The molecule has 6 nitrogen and oxygen atoms in total. The number of hydrogen-bond donors (Lipinski definition) is 1. The standard InChI is InChI=1S/C24H24ClN3O3S/c1-18-7-5-6-10-23(18)26-24(29)21-17-20(11-12-22(21)25)32(30,31)28-15-13-27(14-16-28)19-8-3-2-4-9-19/h2-12,17H,13-16H2,1H3,(H,26,29). The van der Waals surface area contributed by atoms with Crippen LogP contribution in [0.2, 0.25) is 5.02 Å². The number of piperazine rings is 1. The second-order valence-electron chi connectivity index (χ2n) is 7.64. The molecule has 1 aliphatic heterocycles. The minimum atomic E-state index is -3.75. The number of hydrogen-bond acceptors (Lipinski definition) is 4. The predicted molar refractivity (Wildman–Crippen MR) is 128 cm³/mol. The SMILES string of the molecule is Cc1ccccc1NC(=O)c1cc(S(=O)(=O)N2CCN(c3ccccc3)CC2)ccc1Cl. The maximum Gasteiger partial charge on any atom is 0.257 e. The summed E-state index contributed by atoms with van der Waals surface area (Å²) in [7, 11) is -3.75. The molecule has 8 heteroatoms. The van der Waals surface area contributed by atoms with Crippen molar-refractivity contribution in [3.63, 3.8) is 0 Å². The highest BCUT2D eigenvalue weighted by Gasteiger charge is 2.29. The van der Waals surface area contributed by atoms with E-state index in [-0.39, 0.29) is 15.5 Å². The molecule has 1 heterocycles. The van der Waals surface area contributed by atoms with Crippen LogP contribution in [-0.2, 0) is 10.0 Å². The zero-order valence-corrected chi connectivity index (χ0v) is 19.2. The molecule has 0 aliphatic carbocycles. The van der Waals surface area contributed by atoms with Crippen LogP contribution in [0.15, 0.2) is 77.7 Å². The summed E-state index contributed by atoms with van der Waals surface area (Å²) in [6.07, 6.45) is 0. The van der Waals surface area contributed by atoms with Crippen molar-refractivity contribution in [1.82, 2.24) is 4.31 Å². The molecule has 166 valence electrons. The number of anilines is 2. The van der Waals surface area contributed by atoms with Crippen molar-refractivity contribution in [2.75, 3.05) is 36.4 Å². The van der Waals surface area contributed by atoms with E-state index in [1.807, 2.05) is 55.5 Å². The Kier molecular flexibility index (Phi) is 6.50. The third-order valence-electron chi connectivity index (χ3n) is 5.57. The summed E-state index contributed by atoms with van der Waals surface area (Å²) in [5.41, 5.74) is 2.75. The fourth-order valence-corrected chi connectivity index (χ4v) is 5.37. The molecule has 0 atom stereocenters. The highest BCUT2D eigenvalue weighted by atomic mass is 35.5. The molecule has 1 saturated heterocycles. The van der Waals surface area contributed by atoms with E-state index in [9.17, 15) is 13.2 Å². The Labute approximate surface area is 193 Å². The number of aryl methyl sites for hydroxylation is 1. The van der Waals surface area contributed by atoms with Crippen LogP contribution in [0.1, 0.15) is 15.9 Å². The van der Waals surface area contributed by atoms with Gasteiger partial charge in [0.05, 0.1) is 15.5 Å². The Morgan fingerprint density at radius 2 is 1.56 bits per heavy atom. The minimum Gasteiger partial charge on any atom is -0.369 e. The normalized spacial score (nSPS) is 14.9. The first kappa shape index (κ1) is 22.3. The maximum absolute atomic E-state index is 13.3. The van der Waals surface area contributed by atoms with Crippen LogP contribution in [-0.4, -0.2) is 44.8 Å². The summed E-state index contributed by atoms with van der Waals surface area (Å²) >= 11 is 6.24. The molecule has 1 N–H and O–H groups in total. The van der Waals surface area contributed by atoms with E-state index >= 15 is 0 Å². The molecule has 3 aromatic carbocycles. The first-order chi connectivity index (χ1) is 15.4. The van der Waals surface area contributed by atoms with E-state index in [4.69, 9.17) is 11.6 Å². The van der Waals surface area contributed by atoms with Crippen LogP contribution in [0.4, 0.5) is 11.4 Å². The summed E-state index contributed by atoms with van der Waals surface area (Å²) < 4.78 is 28.0.